The minimum atomic E-state index is -0.690. The van der Waals surface area contributed by atoms with Crippen LogP contribution < -0.4 is 30.9 Å². The monoisotopic (exact) mass is 722 g/mol. The summed E-state index contributed by atoms with van der Waals surface area (Å²) in [4.78, 5) is 55.7. The van der Waals surface area contributed by atoms with E-state index in [1.54, 1.807) is 35.0 Å². The minimum absolute atomic E-state index is 0.107. The van der Waals surface area contributed by atoms with Crippen molar-refractivity contribution in [1.29, 1.82) is 0 Å². The van der Waals surface area contributed by atoms with Crippen LogP contribution in [0.3, 0.4) is 0 Å². The Balaban J connectivity index is 0.925. The number of aryl methyl sites for hydroxylation is 2. The van der Waals surface area contributed by atoms with E-state index in [2.05, 4.69) is 33.3 Å². The number of anilines is 1. The number of imide groups is 1. The number of nitrogens with one attached hydrogen (secondary N) is 1. The van der Waals surface area contributed by atoms with Crippen molar-refractivity contribution in [2.75, 3.05) is 45.3 Å². The van der Waals surface area contributed by atoms with Crippen molar-refractivity contribution in [2.45, 2.75) is 70.4 Å². The summed E-state index contributed by atoms with van der Waals surface area (Å²) in [6, 6.07) is 9.49. The van der Waals surface area contributed by atoms with Gasteiger partial charge in [0.1, 0.15) is 17.5 Å². The molecule has 3 saturated heterocycles. The normalized spacial score (nSPS) is 20.2. The predicted molar refractivity (Wildman–Crippen MR) is 204 cm³/mol. The number of carbonyl (C=O) groups is 2. The summed E-state index contributed by atoms with van der Waals surface area (Å²) in [5.41, 5.74) is 7.73. The van der Waals surface area contributed by atoms with E-state index in [1.807, 2.05) is 25.4 Å². The lowest BCUT2D eigenvalue weighted by Gasteiger charge is -2.41. The van der Waals surface area contributed by atoms with Crippen LogP contribution in [0.5, 0.6) is 11.5 Å². The van der Waals surface area contributed by atoms with Crippen molar-refractivity contribution >= 4 is 28.5 Å². The van der Waals surface area contributed by atoms with Gasteiger partial charge in [-0.25, -0.2) is 4.79 Å². The molecule has 0 bridgehead atoms. The van der Waals surface area contributed by atoms with Gasteiger partial charge in [-0.1, -0.05) is 6.07 Å². The first-order valence-electron chi connectivity index (χ1n) is 19.1. The molecular weight excluding hydrogens is 672 g/mol. The van der Waals surface area contributed by atoms with Crippen molar-refractivity contribution in [3.05, 3.63) is 74.1 Å². The number of pyridine rings is 1. The first-order valence-corrected chi connectivity index (χ1v) is 19.1. The Bertz CT molecular complexity index is 2180. The van der Waals surface area contributed by atoms with Gasteiger partial charge in [0, 0.05) is 57.5 Å². The highest BCUT2D eigenvalue weighted by atomic mass is 16.5. The van der Waals surface area contributed by atoms with Crippen molar-refractivity contribution in [2.24, 2.45) is 25.9 Å². The Hall–Kier alpha value is -4.84. The van der Waals surface area contributed by atoms with Crippen LogP contribution in [0.15, 0.2) is 46.1 Å². The number of benzene rings is 2. The van der Waals surface area contributed by atoms with Crippen molar-refractivity contribution in [1.82, 2.24) is 23.9 Å². The average molecular weight is 723 g/mol. The van der Waals surface area contributed by atoms with Gasteiger partial charge < -0.3 is 18.9 Å². The molecule has 4 aromatic rings. The van der Waals surface area contributed by atoms with Gasteiger partial charge in [-0.3, -0.25) is 33.7 Å². The van der Waals surface area contributed by atoms with Gasteiger partial charge in [-0.15, -0.1) is 0 Å². The molecule has 1 N–H and O–H groups in total. The molecular formula is C41H50N6O6. The van der Waals surface area contributed by atoms with E-state index in [0.29, 0.717) is 18.3 Å². The summed E-state index contributed by atoms with van der Waals surface area (Å²) in [6.45, 7) is 4.62. The third kappa shape index (κ3) is 6.24. The first-order chi connectivity index (χ1) is 25.7. The maximum Gasteiger partial charge on any atom is 0.329 e. The number of hydrogen-bond donors (Lipinski definition) is 1. The molecule has 1 aliphatic carbocycles. The molecule has 2 aromatic carbocycles. The van der Waals surface area contributed by atoms with Crippen LogP contribution >= 0.6 is 0 Å². The molecule has 0 radical (unpaired) electrons. The van der Waals surface area contributed by atoms with Crippen LogP contribution in [0.2, 0.25) is 0 Å². The van der Waals surface area contributed by atoms with Gasteiger partial charge in [-0.05, 0) is 112 Å². The molecule has 4 aliphatic rings. The average Bonchev–Trinajstić information content (AvgIpc) is 3.76. The van der Waals surface area contributed by atoms with E-state index >= 15 is 0 Å². The Morgan fingerprint density at radius 1 is 0.811 bits per heavy atom. The molecule has 0 spiro atoms. The number of rotatable bonds is 8. The number of aromatic nitrogens is 3. The molecule has 5 heterocycles. The largest absolute Gasteiger partial charge is 0.496 e. The van der Waals surface area contributed by atoms with E-state index in [-0.39, 0.29) is 23.6 Å². The number of fused-ring (bicyclic) bond motifs is 2. The summed E-state index contributed by atoms with van der Waals surface area (Å²) in [6.07, 6.45) is 9.75. The number of hydrogen-bond acceptors (Lipinski definition) is 8. The van der Waals surface area contributed by atoms with Crippen LogP contribution in [0.1, 0.15) is 67.7 Å². The van der Waals surface area contributed by atoms with Crippen LogP contribution in [0.4, 0.5) is 5.69 Å². The number of methoxy groups -OCH3 is 2. The number of carbonyl (C=O) groups excluding carboxylic acids is 2. The van der Waals surface area contributed by atoms with Crippen molar-refractivity contribution in [3.8, 4) is 22.6 Å². The van der Waals surface area contributed by atoms with Crippen molar-refractivity contribution in [3.63, 3.8) is 0 Å². The molecule has 1 unspecified atom stereocenters. The molecule has 3 fully saturated rings. The third-order valence-corrected chi connectivity index (χ3v) is 12.5. The lowest BCUT2D eigenvalue weighted by Crippen LogP contribution is -2.44. The Kier molecular flexibility index (Phi) is 9.42. The van der Waals surface area contributed by atoms with E-state index in [9.17, 15) is 19.2 Å². The van der Waals surface area contributed by atoms with Crippen LogP contribution in [0.25, 0.3) is 22.2 Å². The zero-order chi connectivity index (χ0) is 37.0. The summed E-state index contributed by atoms with van der Waals surface area (Å²) < 4.78 is 16.9. The molecule has 2 amide bonds. The van der Waals surface area contributed by atoms with Gasteiger partial charge in [0.2, 0.25) is 11.8 Å². The number of imidazole rings is 1. The number of likely N-dealkylation sites (tertiary alicyclic amines) is 1. The van der Waals surface area contributed by atoms with Gasteiger partial charge in [0.05, 0.1) is 36.5 Å². The van der Waals surface area contributed by atoms with Crippen LogP contribution in [-0.2, 0) is 43.1 Å². The number of piperidine rings is 3. The molecule has 2 aromatic heterocycles. The molecule has 3 aliphatic heterocycles. The van der Waals surface area contributed by atoms with Gasteiger partial charge in [0.15, 0.2) is 0 Å². The summed E-state index contributed by atoms with van der Waals surface area (Å²) >= 11 is 0. The zero-order valence-corrected chi connectivity index (χ0v) is 31.3. The van der Waals surface area contributed by atoms with Crippen molar-refractivity contribution < 1.29 is 19.1 Å². The fourth-order valence-electron chi connectivity index (χ4n) is 9.68. The van der Waals surface area contributed by atoms with Gasteiger partial charge in [-0.2, -0.15) is 0 Å². The lowest BCUT2D eigenvalue weighted by atomic mass is 9.78. The highest BCUT2D eigenvalue weighted by Crippen LogP contribution is 2.41. The fraction of sp³-hybridized carbons (Fsp3) is 0.512. The third-order valence-electron chi connectivity index (χ3n) is 12.5. The van der Waals surface area contributed by atoms with E-state index < -0.39 is 11.9 Å². The lowest BCUT2D eigenvalue weighted by molar-refractivity contribution is -0.135. The summed E-state index contributed by atoms with van der Waals surface area (Å²) in [5, 5.41) is 2.40. The second-order valence-corrected chi connectivity index (χ2v) is 15.4. The highest BCUT2D eigenvalue weighted by Gasteiger charge is 2.34. The smallest absolute Gasteiger partial charge is 0.329 e. The molecule has 53 heavy (non-hydrogen) atoms. The topological polar surface area (TPSA) is 120 Å². The quantitative estimate of drug-likeness (QED) is 0.268. The fourth-order valence-corrected chi connectivity index (χ4v) is 9.68. The molecule has 280 valence electrons. The minimum Gasteiger partial charge on any atom is -0.496 e. The highest BCUT2D eigenvalue weighted by molar-refractivity contribution is 6.00. The molecule has 0 saturated carbocycles. The van der Waals surface area contributed by atoms with Gasteiger partial charge >= 0.3 is 5.69 Å². The zero-order valence-electron chi connectivity index (χ0n) is 31.3. The van der Waals surface area contributed by atoms with E-state index in [1.165, 1.54) is 0 Å². The van der Waals surface area contributed by atoms with Crippen LogP contribution in [0, 0.1) is 11.8 Å². The number of para-hydroxylation sites is 1. The Morgan fingerprint density at radius 3 is 2.13 bits per heavy atom. The van der Waals surface area contributed by atoms with Crippen LogP contribution in [-0.4, -0.2) is 70.8 Å². The summed E-state index contributed by atoms with van der Waals surface area (Å²) in [5.74, 6) is 2.24. The standard InChI is InChI=1S/C41H50N6O6/c1-43-23-30(28-7-5-8-29(28)40(43)50)27-21-35(52-3)31(36(22-27)53-4)24-45-17-13-25(14-18-45)26-15-19-46(20-16-26)32-9-6-10-33-38(32)44(2)41(51)47(33)34-11-12-37(48)42-39(34)49/h6,9-10,21-23,25-26,34H,5,7-8,11-20,24H2,1-4H3,(H,42,48,49). The maximum absolute atomic E-state index is 13.5. The first kappa shape index (κ1) is 35.2. The summed E-state index contributed by atoms with van der Waals surface area (Å²) in [7, 11) is 7.05. The molecule has 8 rings (SSSR count). The van der Waals surface area contributed by atoms with E-state index in [0.717, 1.165) is 134 Å². The Labute approximate surface area is 309 Å². The maximum atomic E-state index is 13.5. The second kappa shape index (κ2) is 14.2. The number of ether oxygens (including phenoxy) is 2. The predicted octanol–water partition coefficient (Wildman–Crippen LogP) is 4.32. The molecule has 12 nitrogen and oxygen atoms in total. The second-order valence-electron chi connectivity index (χ2n) is 15.4. The van der Waals surface area contributed by atoms with E-state index in [4.69, 9.17) is 9.47 Å². The molecule has 1 atom stereocenters. The SMILES string of the molecule is COc1cc(-c2cn(C)c(=O)c3c2CCC3)cc(OC)c1CN1CCC(C2CCN(c3cccc4c3n(C)c(=O)n4C3CCC(=O)NC3=O)CC2)CC1. The Morgan fingerprint density at radius 2 is 1.47 bits per heavy atom. The van der Waals surface area contributed by atoms with Gasteiger partial charge in [0.25, 0.3) is 5.56 Å². The number of amides is 2. The molecule has 12 heteroatoms. The number of nitrogens with zero attached hydrogens (tertiary/aromatic N) is 5.